The molecule has 0 spiro atoms. The van der Waals surface area contributed by atoms with Crippen molar-refractivity contribution in [3.8, 4) is 5.75 Å². The van der Waals surface area contributed by atoms with Crippen molar-refractivity contribution >= 4 is 23.2 Å². The molecule has 2 N–H and O–H groups in total. The predicted octanol–water partition coefficient (Wildman–Crippen LogP) is 4.09. The molecule has 0 aliphatic rings. The molecule has 1 aromatic heterocycles. The van der Waals surface area contributed by atoms with Gasteiger partial charge < -0.3 is 10.1 Å². The number of halogens is 1. The second kappa shape index (κ2) is 6.49. The van der Waals surface area contributed by atoms with Crippen molar-refractivity contribution in [1.82, 2.24) is 15.2 Å². The lowest BCUT2D eigenvalue weighted by Crippen LogP contribution is -1.98. The Hall–Kier alpha value is -2.53. The predicted molar refractivity (Wildman–Crippen MR) is 86.6 cm³/mol. The van der Waals surface area contributed by atoms with Gasteiger partial charge in [0.2, 0.25) is 5.95 Å². The second-order valence-electron chi connectivity index (χ2n) is 4.84. The lowest BCUT2D eigenvalue weighted by atomic mass is 10.2. The summed E-state index contributed by atoms with van der Waals surface area (Å²) in [5.74, 6) is 1.94. The smallest absolute Gasteiger partial charge is 0.246 e. The first-order chi connectivity index (χ1) is 10.7. The number of hydrogen-bond donors (Lipinski definition) is 2. The van der Waals surface area contributed by atoms with Gasteiger partial charge in [0.15, 0.2) is 5.82 Å². The highest BCUT2D eigenvalue weighted by atomic mass is 35.5. The van der Waals surface area contributed by atoms with Crippen molar-refractivity contribution in [2.75, 3.05) is 5.32 Å². The van der Waals surface area contributed by atoms with Crippen LogP contribution >= 0.6 is 11.6 Å². The summed E-state index contributed by atoms with van der Waals surface area (Å²) < 4.78 is 5.65. The van der Waals surface area contributed by atoms with Crippen molar-refractivity contribution in [3.63, 3.8) is 0 Å². The fraction of sp³-hybridized carbons (Fsp3) is 0.125. The molecular formula is C16H15ClN4O. The molecule has 0 amide bonds. The average Bonchev–Trinajstić information content (AvgIpc) is 2.97. The Kier molecular flexibility index (Phi) is 4.25. The van der Waals surface area contributed by atoms with Crippen LogP contribution in [0.3, 0.4) is 0 Å². The number of hydrogen-bond acceptors (Lipinski definition) is 4. The molecular weight excluding hydrogens is 300 g/mol. The summed E-state index contributed by atoms with van der Waals surface area (Å²) in [5.41, 5.74) is 2.07. The van der Waals surface area contributed by atoms with E-state index in [1.165, 1.54) is 5.56 Å². The Labute approximate surface area is 133 Å². The minimum Gasteiger partial charge on any atom is -0.486 e. The Balaban J connectivity index is 1.59. The van der Waals surface area contributed by atoms with Crippen LogP contribution in [0.1, 0.15) is 11.4 Å². The van der Waals surface area contributed by atoms with E-state index in [9.17, 15) is 0 Å². The number of aromatic nitrogens is 3. The van der Waals surface area contributed by atoms with Gasteiger partial charge in [0.05, 0.1) is 0 Å². The van der Waals surface area contributed by atoms with Crippen molar-refractivity contribution < 1.29 is 4.74 Å². The number of nitrogens with zero attached hydrogens (tertiary/aromatic N) is 2. The highest BCUT2D eigenvalue weighted by Gasteiger charge is 2.04. The lowest BCUT2D eigenvalue weighted by Gasteiger charge is -2.03. The summed E-state index contributed by atoms with van der Waals surface area (Å²) in [6.45, 7) is 2.37. The third kappa shape index (κ3) is 3.77. The van der Waals surface area contributed by atoms with E-state index in [0.717, 1.165) is 11.4 Å². The van der Waals surface area contributed by atoms with Crippen LogP contribution in [-0.4, -0.2) is 15.2 Å². The number of anilines is 2. The van der Waals surface area contributed by atoms with Gasteiger partial charge in [-0.2, -0.15) is 4.98 Å². The molecule has 0 saturated carbocycles. The molecule has 3 aromatic rings. The molecule has 1 heterocycles. The van der Waals surface area contributed by atoms with Crippen LogP contribution in [0.5, 0.6) is 5.75 Å². The number of ether oxygens (including phenoxy) is 1. The summed E-state index contributed by atoms with van der Waals surface area (Å²) in [5, 5.41) is 10.7. The highest BCUT2D eigenvalue weighted by Crippen LogP contribution is 2.17. The summed E-state index contributed by atoms with van der Waals surface area (Å²) >= 11 is 5.85. The molecule has 5 nitrogen and oxygen atoms in total. The van der Waals surface area contributed by atoms with Crippen LogP contribution in [0.4, 0.5) is 11.6 Å². The van der Waals surface area contributed by atoms with Crippen molar-refractivity contribution in [2.45, 2.75) is 13.5 Å². The minimum atomic E-state index is 0.332. The Bertz CT molecular complexity index is 738. The maximum absolute atomic E-state index is 5.85. The van der Waals surface area contributed by atoms with Gasteiger partial charge in [-0.05, 0) is 43.3 Å². The van der Waals surface area contributed by atoms with Gasteiger partial charge in [-0.25, -0.2) is 0 Å². The number of rotatable bonds is 5. The zero-order chi connectivity index (χ0) is 15.4. The first-order valence-corrected chi connectivity index (χ1v) is 7.20. The molecule has 0 atom stereocenters. The molecule has 6 heteroatoms. The quantitative estimate of drug-likeness (QED) is 0.744. The van der Waals surface area contributed by atoms with E-state index >= 15 is 0 Å². The van der Waals surface area contributed by atoms with Crippen molar-refractivity contribution in [1.29, 1.82) is 0 Å². The van der Waals surface area contributed by atoms with Crippen LogP contribution < -0.4 is 10.1 Å². The van der Waals surface area contributed by atoms with Crippen LogP contribution in [0.25, 0.3) is 0 Å². The van der Waals surface area contributed by atoms with Crippen LogP contribution in [0.2, 0.25) is 5.02 Å². The van der Waals surface area contributed by atoms with Gasteiger partial charge in [0, 0.05) is 10.7 Å². The fourth-order valence-corrected chi connectivity index (χ4v) is 1.99. The van der Waals surface area contributed by atoms with E-state index < -0.39 is 0 Å². The molecule has 0 fully saturated rings. The molecule has 0 aliphatic carbocycles. The number of aryl methyl sites for hydroxylation is 1. The van der Waals surface area contributed by atoms with Gasteiger partial charge in [-0.1, -0.05) is 29.3 Å². The van der Waals surface area contributed by atoms with Crippen LogP contribution in [-0.2, 0) is 6.61 Å². The summed E-state index contributed by atoms with van der Waals surface area (Å²) in [6, 6.07) is 15.2. The van der Waals surface area contributed by atoms with Gasteiger partial charge in [-0.15, -0.1) is 5.10 Å². The SMILES string of the molecule is Cc1ccc(OCc2nc(Nc3ccc(Cl)cc3)n[nH]2)cc1. The normalized spacial score (nSPS) is 10.5. The largest absolute Gasteiger partial charge is 0.486 e. The molecule has 2 aromatic carbocycles. The molecule has 3 rings (SSSR count). The van der Waals surface area contributed by atoms with Crippen molar-refractivity contribution in [3.05, 3.63) is 64.9 Å². The van der Waals surface area contributed by atoms with Crippen molar-refractivity contribution in [2.24, 2.45) is 0 Å². The topological polar surface area (TPSA) is 62.8 Å². The maximum atomic E-state index is 5.85. The Morgan fingerprint density at radius 1 is 1.09 bits per heavy atom. The average molecular weight is 315 g/mol. The number of nitrogens with one attached hydrogen (secondary N) is 2. The molecule has 0 aliphatic heterocycles. The van der Waals surface area contributed by atoms with Gasteiger partial charge in [-0.3, -0.25) is 5.10 Å². The first-order valence-electron chi connectivity index (χ1n) is 6.82. The van der Waals surface area contributed by atoms with Crippen LogP contribution in [0, 0.1) is 6.92 Å². The van der Waals surface area contributed by atoms with Gasteiger partial charge >= 0.3 is 0 Å². The molecule has 22 heavy (non-hydrogen) atoms. The van der Waals surface area contributed by atoms with E-state index in [1.807, 2.05) is 43.3 Å². The minimum absolute atomic E-state index is 0.332. The summed E-state index contributed by atoms with van der Waals surface area (Å²) in [6.07, 6.45) is 0. The van der Waals surface area contributed by atoms with Gasteiger partial charge in [0.1, 0.15) is 12.4 Å². The molecule has 112 valence electrons. The summed E-state index contributed by atoms with van der Waals surface area (Å²) in [4.78, 5) is 4.32. The summed E-state index contributed by atoms with van der Waals surface area (Å²) in [7, 11) is 0. The monoisotopic (exact) mass is 314 g/mol. The maximum Gasteiger partial charge on any atom is 0.246 e. The van der Waals surface area contributed by atoms with E-state index in [2.05, 4.69) is 20.5 Å². The van der Waals surface area contributed by atoms with Crippen LogP contribution in [0.15, 0.2) is 48.5 Å². The van der Waals surface area contributed by atoms with E-state index in [4.69, 9.17) is 16.3 Å². The van der Waals surface area contributed by atoms with Gasteiger partial charge in [0.25, 0.3) is 0 Å². The number of benzene rings is 2. The molecule has 0 unspecified atom stereocenters. The third-order valence-electron chi connectivity index (χ3n) is 3.03. The molecule has 0 bridgehead atoms. The number of aromatic amines is 1. The number of H-pyrrole nitrogens is 1. The second-order valence-corrected chi connectivity index (χ2v) is 5.28. The Morgan fingerprint density at radius 2 is 1.82 bits per heavy atom. The fourth-order valence-electron chi connectivity index (χ4n) is 1.86. The Morgan fingerprint density at radius 3 is 2.55 bits per heavy atom. The van der Waals surface area contributed by atoms with E-state index in [1.54, 1.807) is 12.1 Å². The molecule has 0 saturated heterocycles. The standard InChI is InChI=1S/C16H15ClN4O/c1-11-2-8-14(9-3-11)22-10-15-19-16(21-20-15)18-13-6-4-12(17)5-7-13/h2-9H,10H2,1H3,(H2,18,19,20,21). The zero-order valence-electron chi connectivity index (χ0n) is 12.0. The highest BCUT2D eigenvalue weighted by molar-refractivity contribution is 6.30. The molecule has 0 radical (unpaired) electrons. The first kappa shape index (κ1) is 14.4. The van der Waals surface area contributed by atoms with E-state index in [0.29, 0.717) is 23.4 Å². The third-order valence-corrected chi connectivity index (χ3v) is 3.28. The van der Waals surface area contributed by atoms with E-state index in [-0.39, 0.29) is 0 Å². The lowest BCUT2D eigenvalue weighted by molar-refractivity contribution is 0.296. The zero-order valence-corrected chi connectivity index (χ0v) is 12.8.